The van der Waals surface area contributed by atoms with E-state index in [4.69, 9.17) is 10.5 Å². The molecule has 1 rings (SSSR count). The maximum absolute atomic E-state index is 5.88. The predicted molar refractivity (Wildman–Crippen MR) is 59.7 cm³/mol. The minimum absolute atomic E-state index is 0.0239. The van der Waals surface area contributed by atoms with Gasteiger partial charge in [0, 0.05) is 11.6 Å². The second-order valence-electron chi connectivity index (χ2n) is 3.70. The van der Waals surface area contributed by atoms with Crippen LogP contribution in [0.3, 0.4) is 0 Å². The zero-order valence-electron chi connectivity index (χ0n) is 9.42. The van der Waals surface area contributed by atoms with Crippen LogP contribution in [-0.4, -0.2) is 6.61 Å². The Kier molecular flexibility index (Phi) is 3.53. The average molecular weight is 193 g/mol. The first-order valence-electron chi connectivity index (χ1n) is 5.05. The molecule has 0 aliphatic carbocycles. The molecule has 0 saturated carbocycles. The number of rotatable bonds is 3. The lowest BCUT2D eigenvalue weighted by Gasteiger charge is -2.15. The van der Waals surface area contributed by atoms with Gasteiger partial charge >= 0.3 is 0 Å². The molecule has 0 spiro atoms. The van der Waals surface area contributed by atoms with Crippen LogP contribution in [0.15, 0.2) is 12.1 Å². The zero-order valence-corrected chi connectivity index (χ0v) is 9.42. The summed E-state index contributed by atoms with van der Waals surface area (Å²) >= 11 is 0. The van der Waals surface area contributed by atoms with Crippen molar-refractivity contribution in [2.45, 2.75) is 33.7 Å². The molecule has 2 N–H and O–H groups in total. The molecule has 0 bridgehead atoms. The third-order valence-electron chi connectivity index (χ3n) is 2.42. The molecular formula is C12H19NO. The standard InChI is InChI=1S/C12H19NO/c1-5-14-12-7-9(3)8(2)6-11(12)10(4)13/h6-7,10H,5,13H2,1-4H3. The lowest BCUT2D eigenvalue weighted by Crippen LogP contribution is -2.08. The van der Waals surface area contributed by atoms with Crippen LogP contribution in [0, 0.1) is 13.8 Å². The van der Waals surface area contributed by atoms with Crippen molar-refractivity contribution < 1.29 is 4.74 Å². The molecule has 2 nitrogen and oxygen atoms in total. The number of hydrogen-bond acceptors (Lipinski definition) is 2. The van der Waals surface area contributed by atoms with Crippen molar-refractivity contribution in [3.8, 4) is 5.75 Å². The van der Waals surface area contributed by atoms with Gasteiger partial charge in [0.1, 0.15) is 5.75 Å². The summed E-state index contributed by atoms with van der Waals surface area (Å²) in [7, 11) is 0. The van der Waals surface area contributed by atoms with Gasteiger partial charge in [0.25, 0.3) is 0 Å². The van der Waals surface area contributed by atoms with Gasteiger partial charge in [-0.1, -0.05) is 6.07 Å². The van der Waals surface area contributed by atoms with Crippen LogP contribution < -0.4 is 10.5 Å². The van der Waals surface area contributed by atoms with Gasteiger partial charge in [0.15, 0.2) is 0 Å². The Morgan fingerprint density at radius 3 is 2.36 bits per heavy atom. The van der Waals surface area contributed by atoms with Crippen molar-refractivity contribution >= 4 is 0 Å². The van der Waals surface area contributed by atoms with Crippen LogP contribution in [-0.2, 0) is 0 Å². The van der Waals surface area contributed by atoms with Crippen LogP contribution in [0.5, 0.6) is 5.75 Å². The number of aryl methyl sites for hydroxylation is 2. The molecule has 0 heterocycles. The molecule has 0 aliphatic rings. The van der Waals surface area contributed by atoms with Crippen molar-refractivity contribution in [1.82, 2.24) is 0 Å². The van der Waals surface area contributed by atoms with E-state index in [2.05, 4.69) is 26.0 Å². The molecular weight excluding hydrogens is 174 g/mol. The lowest BCUT2D eigenvalue weighted by molar-refractivity contribution is 0.334. The van der Waals surface area contributed by atoms with Gasteiger partial charge in [-0.3, -0.25) is 0 Å². The van der Waals surface area contributed by atoms with E-state index in [1.807, 2.05) is 13.8 Å². The highest BCUT2D eigenvalue weighted by Crippen LogP contribution is 2.27. The Hall–Kier alpha value is -1.02. The fourth-order valence-electron chi connectivity index (χ4n) is 1.45. The first kappa shape index (κ1) is 11.1. The quantitative estimate of drug-likeness (QED) is 0.801. The summed E-state index contributed by atoms with van der Waals surface area (Å²) in [5.41, 5.74) is 9.49. The molecule has 2 heteroatoms. The molecule has 0 fully saturated rings. The molecule has 0 aromatic heterocycles. The molecule has 1 aromatic carbocycles. The molecule has 14 heavy (non-hydrogen) atoms. The van der Waals surface area contributed by atoms with Gasteiger partial charge in [-0.2, -0.15) is 0 Å². The van der Waals surface area contributed by atoms with Crippen LogP contribution in [0.25, 0.3) is 0 Å². The number of nitrogens with two attached hydrogens (primary N) is 1. The Bertz CT molecular complexity index is 318. The SMILES string of the molecule is CCOc1cc(C)c(C)cc1C(C)N. The van der Waals surface area contributed by atoms with Crippen molar-refractivity contribution in [2.75, 3.05) is 6.61 Å². The van der Waals surface area contributed by atoms with Crippen molar-refractivity contribution in [2.24, 2.45) is 5.73 Å². The van der Waals surface area contributed by atoms with Crippen molar-refractivity contribution in [1.29, 1.82) is 0 Å². The first-order chi connectivity index (χ1) is 6.56. The summed E-state index contributed by atoms with van der Waals surface area (Å²) in [6, 6.07) is 4.21. The second kappa shape index (κ2) is 4.47. The molecule has 1 aromatic rings. The minimum atomic E-state index is 0.0239. The highest BCUT2D eigenvalue weighted by atomic mass is 16.5. The highest BCUT2D eigenvalue weighted by Gasteiger charge is 2.09. The highest BCUT2D eigenvalue weighted by molar-refractivity contribution is 5.43. The number of hydrogen-bond donors (Lipinski definition) is 1. The van der Waals surface area contributed by atoms with E-state index >= 15 is 0 Å². The lowest BCUT2D eigenvalue weighted by atomic mass is 10.0. The van der Waals surface area contributed by atoms with Gasteiger partial charge in [-0.05, 0) is 44.9 Å². The van der Waals surface area contributed by atoms with Crippen LogP contribution >= 0.6 is 0 Å². The Morgan fingerprint density at radius 1 is 1.29 bits per heavy atom. The zero-order chi connectivity index (χ0) is 10.7. The summed E-state index contributed by atoms with van der Waals surface area (Å²) in [6.07, 6.45) is 0. The molecule has 0 radical (unpaired) electrons. The summed E-state index contributed by atoms with van der Waals surface area (Å²) < 4.78 is 5.55. The van der Waals surface area contributed by atoms with Crippen LogP contribution in [0.1, 0.15) is 36.6 Å². The summed E-state index contributed by atoms with van der Waals surface area (Å²) in [6.45, 7) is 8.83. The maximum Gasteiger partial charge on any atom is 0.124 e. The largest absolute Gasteiger partial charge is 0.494 e. The Morgan fingerprint density at radius 2 is 1.86 bits per heavy atom. The molecule has 1 unspecified atom stereocenters. The monoisotopic (exact) mass is 193 g/mol. The normalized spacial score (nSPS) is 12.6. The summed E-state index contributed by atoms with van der Waals surface area (Å²) in [5.74, 6) is 0.922. The van der Waals surface area contributed by atoms with E-state index < -0.39 is 0 Å². The minimum Gasteiger partial charge on any atom is -0.494 e. The van der Waals surface area contributed by atoms with Gasteiger partial charge < -0.3 is 10.5 Å². The van der Waals surface area contributed by atoms with E-state index in [0.717, 1.165) is 11.3 Å². The fourth-order valence-corrected chi connectivity index (χ4v) is 1.45. The first-order valence-corrected chi connectivity index (χ1v) is 5.05. The van der Waals surface area contributed by atoms with E-state index in [-0.39, 0.29) is 6.04 Å². The van der Waals surface area contributed by atoms with Gasteiger partial charge in [0.05, 0.1) is 6.61 Å². The average Bonchev–Trinajstić information content (AvgIpc) is 2.11. The van der Waals surface area contributed by atoms with Crippen molar-refractivity contribution in [3.63, 3.8) is 0 Å². The molecule has 0 aliphatic heterocycles. The summed E-state index contributed by atoms with van der Waals surface area (Å²) in [4.78, 5) is 0. The maximum atomic E-state index is 5.88. The molecule has 0 amide bonds. The van der Waals surface area contributed by atoms with E-state index in [9.17, 15) is 0 Å². The fraction of sp³-hybridized carbons (Fsp3) is 0.500. The molecule has 78 valence electrons. The smallest absolute Gasteiger partial charge is 0.124 e. The van der Waals surface area contributed by atoms with Crippen LogP contribution in [0.4, 0.5) is 0 Å². The summed E-state index contributed by atoms with van der Waals surface area (Å²) in [5, 5.41) is 0. The Labute approximate surface area is 86.1 Å². The number of benzene rings is 1. The Balaban J connectivity index is 3.17. The molecule has 1 atom stereocenters. The predicted octanol–water partition coefficient (Wildman–Crippen LogP) is 2.72. The van der Waals surface area contributed by atoms with E-state index in [0.29, 0.717) is 6.61 Å². The van der Waals surface area contributed by atoms with Crippen LogP contribution in [0.2, 0.25) is 0 Å². The second-order valence-corrected chi connectivity index (χ2v) is 3.70. The van der Waals surface area contributed by atoms with Gasteiger partial charge in [-0.25, -0.2) is 0 Å². The van der Waals surface area contributed by atoms with Crippen molar-refractivity contribution in [3.05, 3.63) is 28.8 Å². The third kappa shape index (κ3) is 2.26. The molecule has 0 saturated heterocycles. The van der Waals surface area contributed by atoms with Gasteiger partial charge in [-0.15, -0.1) is 0 Å². The van der Waals surface area contributed by atoms with E-state index in [1.165, 1.54) is 11.1 Å². The third-order valence-corrected chi connectivity index (χ3v) is 2.42. The van der Waals surface area contributed by atoms with E-state index in [1.54, 1.807) is 0 Å². The number of ether oxygens (including phenoxy) is 1. The topological polar surface area (TPSA) is 35.2 Å². The van der Waals surface area contributed by atoms with Gasteiger partial charge in [0.2, 0.25) is 0 Å².